The van der Waals surface area contributed by atoms with Crippen LogP contribution in [-0.2, 0) is 0 Å². The molecule has 0 radical (unpaired) electrons. The van der Waals surface area contributed by atoms with Crippen LogP contribution in [0.25, 0.3) is 10.9 Å². The predicted octanol–water partition coefficient (Wildman–Crippen LogP) is 2.39. The zero-order valence-electron chi connectivity index (χ0n) is 7.08. The van der Waals surface area contributed by atoms with Crippen molar-refractivity contribution in [1.82, 2.24) is 4.98 Å². The van der Waals surface area contributed by atoms with E-state index in [9.17, 15) is 4.39 Å². The fourth-order valence-corrected chi connectivity index (χ4v) is 1.31. The second-order valence-corrected chi connectivity index (χ2v) is 2.95. The first-order valence-corrected chi connectivity index (χ1v) is 3.92. The first-order chi connectivity index (χ1) is 6.18. The van der Waals surface area contributed by atoms with Crippen molar-refractivity contribution < 1.29 is 9.50 Å². The molecule has 1 heterocycles. The molecule has 0 atom stereocenters. The molecule has 2 nitrogen and oxygen atoms in total. The minimum absolute atomic E-state index is 0.0567. The van der Waals surface area contributed by atoms with Gasteiger partial charge in [-0.05, 0) is 24.6 Å². The molecule has 1 aromatic carbocycles. The highest BCUT2D eigenvalue weighted by atomic mass is 19.1. The van der Waals surface area contributed by atoms with Crippen molar-refractivity contribution in [3.05, 3.63) is 35.8 Å². The molecule has 0 fully saturated rings. The highest BCUT2D eigenvalue weighted by Crippen LogP contribution is 2.22. The first kappa shape index (κ1) is 7.98. The largest absolute Gasteiger partial charge is 0.506 e. The van der Waals surface area contributed by atoms with Crippen LogP contribution in [0.5, 0.6) is 5.75 Å². The van der Waals surface area contributed by atoms with Crippen LogP contribution in [0, 0.1) is 12.7 Å². The fourth-order valence-electron chi connectivity index (χ4n) is 1.31. The van der Waals surface area contributed by atoms with Gasteiger partial charge in [0.05, 0.1) is 6.20 Å². The molecule has 0 aliphatic carbocycles. The maximum atomic E-state index is 13.2. The maximum Gasteiger partial charge on any atom is 0.149 e. The summed E-state index contributed by atoms with van der Waals surface area (Å²) in [6.07, 6.45) is 1.24. The van der Waals surface area contributed by atoms with Gasteiger partial charge in [0.25, 0.3) is 0 Å². The van der Waals surface area contributed by atoms with Crippen LogP contribution >= 0.6 is 0 Å². The summed E-state index contributed by atoms with van der Waals surface area (Å²) < 4.78 is 13.2. The van der Waals surface area contributed by atoms with E-state index < -0.39 is 0 Å². The minimum Gasteiger partial charge on any atom is -0.506 e. The lowest BCUT2D eigenvalue weighted by Crippen LogP contribution is -1.86. The van der Waals surface area contributed by atoms with Gasteiger partial charge < -0.3 is 5.11 Å². The number of fused-ring (bicyclic) bond motifs is 1. The Balaban J connectivity index is 2.92. The van der Waals surface area contributed by atoms with Crippen LogP contribution in [0.2, 0.25) is 0 Å². The molecule has 1 aromatic heterocycles. The molecule has 1 N–H and O–H groups in total. The van der Waals surface area contributed by atoms with E-state index in [-0.39, 0.29) is 11.6 Å². The standard InChI is InChI=1S/C10H8FNO/c1-6-2-3-9(11)10-8(6)4-7(13)5-12-10/h2-5,13H,1H3. The molecule has 3 heteroatoms. The number of halogens is 1. The number of hydrogen-bond donors (Lipinski definition) is 1. The SMILES string of the molecule is Cc1ccc(F)c2ncc(O)cc12. The van der Waals surface area contributed by atoms with Crippen molar-refractivity contribution in [2.75, 3.05) is 0 Å². The number of aromatic hydroxyl groups is 1. The van der Waals surface area contributed by atoms with E-state index in [1.165, 1.54) is 18.3 Å². The Kier molecular flexibility index (Phi) is 1.65. The molecule has 0 unspecified atom stereocenters. The van der Waals surface area contributed by atoms with Crippen molar-refractivity contribution >= 4 is 10.9 Å². The van der Waals surface area contributed by atoms with Crippen molar-refractivity contribution in [3.63, 3.8) is 0 Å². The van der Waals surface area contributed by atoms with Crippen LogP contribution in [0.15, 0.2) is 24.4 Å². The van der Waals surface area contributed by atoms with Gasteiger partial charge >= 0.3 is 0 Å². The number of nitrogens with zero attached hydrogens (tertiary/aromatic N) is 1. The van der Waals surface area contributed by atoms with Gasteiger partial charge in [-0.1, -0.05) is 6.07 Å². The average Bonchev–Trinajstić information content (AvgIpc) is 2.12. The van der Waals surface area contributed by atoms with E-state index in [2.05, 4.69) is 4.98 Å². The minimum atomic E-state index is -0.361. The molecule has 0 saturated heterocycles. The van der Waals surface area contributed by atoms with E-state index in [1.54, 1.807) is 6.07 Å². The van der Waals surface area contributed by atoms with Crippen LogP contribution in [0.1, 0.15) is 5.56 Å². The van der Waals surface area contributed by atoms with Crippen LogP contribution in [0.4, 0.5) is 4.39 Å². The number of aromatic nitrogens is 1. The number of benzene rings is 1. The zero-order chi connectivity index (χ0) is 9.42. The number of pyridine rings is 1. The van der Waals surface area contributed by atoms with Crippen molar-refractivity contribution in [2.24, 2.45) is 0 Å². The summed E-state index contributed by atoms with van der Waals surface area (Å²) in [6.45, 7) is 1.85. The first-order valence-electron chi connectivity index (χ1n) is 3.92. The molecular weight excluding hydrogens is 169 g/mol. The highest BCUT2D eigenvalue weighted by molar-refractivity contribution is 5.83. The Morgan fingerprint density at radius 2 is 2.15 bits per heavy atom. The Bertz CT molecular complexity index is 468. The zero-order valence-corrected chi connectivity index (χ0v) is 7.08. The molecule has 0 saturated carbocycles. The summed E-state index contributed by atoms with van der Waals surface area (Å²) in [6, 6.07) is 4.56. The quantitative estimate of drug-likeness (QED) is 0.670. The van der Waals surface area contributed by atoms with E-state index in [4.69, 9.17) is 5.11 Å². The van der Waals surface area contributed by atoms with Crippen LogP contribution < -0.4 is 0 Å². The average molecular weight is 177 g/mol. The molecule has 2 rings (SSSR count). The summed E-state index contributed by atoms with van der Waals surface area (Å²) in [5.74, 6) is -0.304. The molecule has 0 spiro atoms. The van der Waals surface area contributed by atoms with Crippen molar-refractivity contribution in [1.29, 1.82) is 0 Å². The Morgan fingerprint density at radius 1 is 1.38 bits per heavy atom. The van der Waals surface area contributed by atoms with Gasteiger partial charge in [-0.15, -0.1) is 0 Å². The van der Waals surface area contributed by atoms with Gasteiger partial charge in [-0.2, -0.15) is 0 Å². The summed E-state index contributed by atoms with van der Waals surface area (Å²) >= 11 is 0. The third-order valence-corrected chi connectivity index (χ3v) is 2.00. The fraction of sp³-hybridized carbons (Fsp3) is 0.100. The summed E-state index contributed by atoms with van der Waals surface area (Å²) in [5, 5.41) is 9.81. The molecule has 13 heavy (non-hydrogen) atoms. The second kappa shape index (κ2) is 2.69. The lowest BCUT2D eigenvalue weighted by molar-refractivity contribution is 0.473. The molecule has 0 aliphatic heterocycles. The van der Waals surface area contributed by atoms with Gasteiger partial charge in [0.15, 0.2) is 0 Å². The molecule has 0 aliphatic rings. The third-order valence-electron chi connectivity index (χ3n) is 2.00. The number of hydrogen-bond acceptors (Lipinski definition) is 2. The van der Waals surface area contributed by atoms with Crippen LogP contribution in [0.3, 0.4) is 0 Å². The molecule has 66 valence electrons. The Labute approximate surface area is 74.7 Å². The number of rotatable bonds is 0. The lowest BCUT2D eigenvalue weighted by atomic mass is 10.1. The summed E-state index contributed by atoms with van der Waals surface area (Å²) in [7, 11) is 0. The smallest absolute Gasteiger partial charge is 0.149 e. The summed E-state index contributed by atoms with van der Waals surface area (Å²) in [4.78, 5) is 3.82. The lowest BCUT2D eigenvalue weighted by Gasteiger charge is -2.02. The topological polar surface area (TPSA) is 33.1 Å². The van der Waals surface area contributed by atoms with E-state index in [1.807, 2.05) is 6.92 Å². The summed E-state index contributed by atoms with van der Waals surface area (Å²) in [5.41, 5.74) is 1.21. The van der Waals surface area contributed by atoms with Gasteiger partial charge in [-0.3, -0.25) is 0 Å². The van der Waals surface area contributed by atoms with E-state index >= 15 is 0 Å². The predicted molar refractivity (Wildman–Crippen MR) is 48.1 cm³/mol. The number of aryl methyl sites for hydroxylation is 1. The van der Waals surface area contributed by atoms with Gasteiger partial charge in [0, 0.05) is 5.39 Å². The van der Waals surface area contributed by atoms with E-state index in [0.29, 0.717) is 10.9 Å². The Hall–Kier alpha value is -1.64. The maximum absolute atomic E-state index is 13.2. The third kappa shape index (κ3) is 1.22. The van der Waals surface area contributed by atoms with Gasteiger partial charge in [0.1, 0.15) is 17.1 Å². The molecule has 2 aromatic rings. The van der Waals surface area contributed by atoms with Crippen molar-refractivity contribution in [2.45, 2.75) is 6.92 Å². The van der Waals surface area contributed by atoms with Crippen molar-refractivity contribution in [3.8, 4) is 5.75 Å². The second-order valence-electron chi connectivity index (χ2n) is 2.95. The molecular formula is C10H8FNO. The monoisotopic (exact) mass is 177 g/mol. The van der Waals surface area contributed by atoms with Gasteiger partial charge in [0.2, 0.25) is 0 Å². The molecule has 0 bridgehead atoms. The van der Waals surface area contributed by atoms with E-state index in [0.717, 1.165) is 5.56 Å². The van der Waals surface area contributed by atoms with Crippen LogP contribution in [-0.4, -0.2) is 10.1 Å². The normalized spacial score (nSPS) is 10.6. The highest BCUT2D eigenvalue weighted by Gasteiger charge is 2.04. The molecule has 0 amide bonds. The Morgan fingerprint density at radius 3 is 2.92 bits per heavy atom. The van der Waals surface area contributed by atoms with Gasteiger partial charge in [-0.25, -0.2) is 9.37 Å².